The smallest absolute Gasteiger partial charge is 0.123 e. The van der Waals surface area contributed by atoms with Crippen LogP contribution in [-0.4, -0.2) is 48.8 Å². The number of benzene rings is 1. The Balaban J connectivity index is 1.58. The summed E-state index contributed by atoms with van der Waals surface area (Å²) in [6, 6.07) is 7.01. The van der Waals surface area contributed by atoms with Crippen molar-refractivity contribution in [3.05, 3.63) is 41.7 Å². The first-order valence-electron chi connectivity index (χ1n) is 8.21. The van der Waals surface area contributed by atoms with Gasteiger partial charge in [-0.05, 0) is 50.0 Å². The van der Waals surface area contributed by atoms with Crippen LogP contribution in [0.25, 0.3) is 6.08 Å². The van der Waals surface area contributed by atoms with Gasteiger partial charge in [0.05, 0.1) is 6.61 Å². The fraction of sp³-hybridized carbons (Fsp3) is 0.556. The van der Waals surface area contributed by atoms with E-state index in [9.17, 15) is 9.50 Å². The van der Waals surface area contributed by atoms with Gasteiger partial charge >= 0.3 is 0 Å². The Kier molecular flexibility index (Phi) is 4.91. The molecule has 120 valence electrons. The average molecular weight is 304 g/mol. The summed E-state index contributed by atoms with van der Waals surface area (Å²) in [7, 11) is 0. The number of hydrogen-bond donors (Lipinski definition) is 2. The standard InChI is InChI=1S/C18H25FN2O/c19-16-6-4-15(5-7-16)3-1-11-21-12-8-17-18(13-21,14-22)9-2-10-20-17/h1,3-7,17,20,22H,2,8-14H2/b3-1+/t17-,18-/m1/s1. The Morgan fingerprint density at radius 3 is 2.95 bits per heavy atom. The molecule has 2 N–H and O–H groups in total. The molecule has 4 heteroatoms. The average Bonchev–Trinajstić information content (AvgIpc) is 2.56. The summed E-state index contributed by atoms with van der Waals surface area (Å²) >= 11 is 0. The Labute approximate surface area is 131 Å². The van der Waals surface area contributed by atoms with E-state index < -0.39 is 0 Å². The minimum Gasteiger partial charge on any atom is -0.396 e. The van der Waals surface area contributed by atoms with Crippen molar-refractivity contribution in [1.29, 1.82) is 0 Å². The van der Waals surface area contributed by atoms with Gasteiger partial charge in [0.25, 0.3) is 0 Å². The molecule has 0 amide bonds. The number of rotatable bonds is 4. The number of aliphatic hydroxyl groups is 1. The van der Waals surface area contributed by atoms with Crippen molar-refractivity contribution in [2.24, 2.45) is 5.41 Å². The number of halogens is 1. The maximum Gasteiger partial charge on any atom is 0.123 e. The summed E-state index contributed by atoms with van der Waals surface area (Å²) in [4.78, 5) is 2.42. The van der Waals surface area contributed by atoms with Gasteiger partial charge in [-0.15, -0.1) is 0 Å². The number of hydrogen-bond acceptors (Lipinski definition) is 3. The van der Waals surface area contributed by atoms with Crippen LogP contribution in [-0.2, 0) is 0 Å². The summed E-state index contributed by atoms with van der Waals surface area (Å²) in [5, 5.41) is 13.5. The minimum absolute atomic E-state index is 0.0280. The molecular weight excluding hydrogens is 279 g/mol. The molecule has 2 heterocycles. The molecular formula is C18H25FN2O. The maximum absolute atomic E-state index is 12.9. The summed E-state index contributed by atoms with van der Waals surface area (Å²) < 4.78 is 12.9. The topological polar surface area (TPSA) is 35.5 Å². The van der Waals surface area contributed by atoms with Crippen molar-refractivity contribution in [1.82, 2.24) is 10.2 Å². The fourth-order valence-corrected chi connectivity index (χ4v) is 3.85. The number of nitrogens with zero attached hydrogens (tertiary/aromatic N) is 1. The minimum atomic E-state index is -0.200. The molecule has 3 rings (SSSR count). The highest BCUT2D eigenvalue weighted by atomic mass is 19.1. The fourth-order valence-electron chi connectivity index (χ4n) is 3.85. The van der Waals surface area contributed by atoms with E-state index in [0.717, 1.165) is 51.0 Å². The number of piperidine rings is 2. The molecule has 2 aliphatic heterocycles. The van der Waals surface area contributed by atoms with Crippen molar-refractivity contribution in [2.45, 2.75) is 25.3 Å². The molecule has 0 spiro atoms. The third kappa shape index (κ3) is 3.40. The van der Waals surface area contributed by atoms with Crippen LogP contribution in [0.2, 0.25) is 0 Å². The predicted octanol–water partition coefficient (Wildman–Crippen LogP) is 2.28. The van der Waals surface area contributed by atoms with Crippen molar-refractivity contribution in [3.63, 3.8) is 0 Å². The van der Waals surface area contributed by atoms with E-state index in [1.54, 1.807) is 12.1 Å². The monoisotopic (exact) mass is 304 g/mol. The van der Waals surface area contributed by atoms with Gasteiger partial charge in [0.1, 0.15) is 5.82 Å². The lowest BCUT2D eigenvalue weighted by Gasteiger charge is -2.50. The molecule has 0 aromatic heterocycles. The Morgan fingerprint density at radius 1 is 1.36 bits per heavy atom. The molecule has 2 fully saturated rings. The van der Waals surface area contributed by atoms with Gasteiger partial charge in [-0.25, -0.2) is 4.39 Å². The van der Waals surface area contributed by atoms with E-state index in [2.05, 4.69) is 16.3 Å². The molecule has 0 bridgehead atoms. The molecule has 22 heavy (non-hydrogen) atoms. The van der Waals surface area contributed by atoms with Gasteiger partial charge in [0.15, 0.2) is 0 Å². The van der Waals surface area contributed by atoms with Gasteiger partial charge in [-0.1, -0.05) is 24.3 Å². The number of fused-ring (bicyclic) bond motifs is 1. The van der Waals surface area contributed by atoms with E-state index in [4.69, 9.17) is 0 Å². The van der Waals surface area contributed by atoms with Crippen LogP contribution in [0.15, 0.2) is 30.3 Å². The number of aliphatic hydroxyl groups excluding tert-OH is 1. The molecule has 0 aliphatic carbocycles. The lowest BCUT2D eigenvalue weighted by Crippen LogP contribution is -2.61. The van der Waals surface area contributed by atoms with Crippen LogP contribution in [0.4, 0.5) is 4.39 Å². The molecule has 0 saturated carbocycles. The number of nitrogens with one attached hydrogen (secondary N) is 1. The second kappa shape index (κ2) is 6.90. The molecule has 2 aliphatic rings. The highest BCUT2D eigenvalue weighted by molar-refractivity contribution is 5.48. The van der Waals surface area contributed by atoms with Gasteiger partial charge in [-0.2, -0.15) is 0 Å². The first-order valence-corrected chi connectivity index (χ1v) is 8.21. The summed E-state index contributed by atoms with van der Waals surface area (Å²) in [6.45, 7) is 4.24. The Morgan fingerprint density at radius 2 is 2.18 bits per heavy atom. The number of likely N-dealkylation sites (tertiary alicyclic amines) is 1. The van der Waals surface area contributed by atoms with Crippen LogP contribution >= 0.6 is 0 Å². The lowest BCUT2D eigenvalue weighted by atomic mass is 9.71. The molecule has 1 aromatic rings. The zero-order valence-electron chi connectivity index (χ0n) is 13.0. The third-order valence-corrected chi connectivity index (χ3v) is 5.11. The van der Waals surface area contributed by atoms with Gasteiger partial charge in [0, 0.05) is 24.5 Å². The summed E-state index contributed by atoms with van der Waals surface area (Å²) in [5.74, 6) is -0.200. The van der Waals surface area contributed by atoms with E-state index in [0.29, 0.717) is 6.04 Å². The van der Waals surface area contributed by atoms with Crippen LogP contribution in [0.3, 0.4) is 0 Å². The van der Waals surface area contributed by atoms with Gasteiger partial charge in [-0.3, -0.25) is 4.90 Å². The van der Waals surface area contributed by atoms with Crippen LogP contribution in [0.5, 0.6) is 0 Å². The van der Waals surface area contributed by atoms with Gasteiger partial charge < -0.3 is 10.4 Å². The zero-order chi connectivity index (χ0) is 15.4. The largest absolute Gasteiger partial charge is 0.396 e. The summed E-state index contributed by atoms with van der Waals surface area (Å²) in [5.41, 5.74) is 1.05. The maximum atomic E-state index is 12.9. The lowest BCUT2D eigenvalue weighted by molar-refractivity contribution is -0.0157. The first kappa shape index (κ1) is 15.7. The van der Waals surface area contributed by atoms with Crippen LogP contribution < -0.4 is 5.32 Å². The van der Waals surface area contributed by atoms with Crippen molar-refractivity contribution in [2.75, 3.05) is 32.8 Å². The zero-order valence-corrected chi connectivity index (χ0v) is 13.0. The molecule has 2 saturated heterocycles. The molecule has 3 nitrogen and oxygen atoms in total. The van der Waals surface area contributed by atoms with Gasteiger partial charge in [0.2, 0.25) is 0 Å². The quantitative estimate of drug-likeness (QED) is 0.896. The highest BCUT2D eigenvalue weighted by Gasteiger charge is 2.43. The molecule has 1 aromatic carbocycles. The van der Waals surface area contributed by atoms with Crippen LogP contribution in [0, 0.1) is 11.2 Å². The molecule has 0 unspecified atom stereocenters. The predicted molar refractivity (Wildman–Crippen MR) is 87.0 cm³/mol. The Hall–Kier alpha value is -1.23. The third-order valence-electron chi connectivity index (χ3n) is 5.11. The Bertz CT molecular complexity index is 516. The molecule has 2 atom stereocenters. The van der Waals surface area contributed by atoms with Crippen molar-refractivity contribution < 1.29 is 9.50 Å². The SMILES string of the molecule is OC[C@]12CCCN[C@@H]1CCN(C/C=C/c1ccc(F)cc1)C2. The van der Waals surface area contributed by atoms with E-state index in [1.807, 2.05) is 6.08 Å². The van der Waals surface area contributed by atoms with Crippen molar-refractivity contribution >= 4 is 6.08 Å². The van der Waals surface area contributed by atoms with E-state index in [-0.39, 0.29) is 17.8 Å². The highest BCUT2D eigenvalue weighted by Crippen LogP contribution is 2.36. The van der Waals surface area contributed by atoms with E-state index >= 15 is 0 Å². The normalized spacial score (nSPS) is 29.6. The van der Waals surface area contributed by atoms with Crippen LogP contribution in [0.1, 0.15) is 24.8 Å². The second-order valence-corrected chi connectivity index (χ2v) is 6.61. The second-order valence-electron chi connectivity index (χ2n) is 6.61. The van der Waals surface area contributed by atoms with Crippen molar-refractivity contribution in [3.8, 4) is 0 Å². The van der Waals surface area contributed by atoms with E-state index in [1.165, 1.54) is 12.1 Å². The molecule has 0 radical (unpaired) electrons. The first-order chi connectivity index (χ1) is 10.7. The summed E-state index contributed by atoms with van der Waals surface area (Å²) in [6.07, 6.45) is 7.53.